The Morgan fingerprint density at radius 1 is 1.29 bits per heavy atom. The molecule has 2 N–H and O–H groups in total. The Morgan fingerprint density at radius 3 is 2.86 bits per heavy atom. The molecule has 0 saturated carbocycles. The van der Waals surface area contributed by atoms with Gasteiger partial charge in [0, 0.05) is 21.6 Å². The van der Waals surface area contributed by atoms with E-state index in [1.54, 1.807) is 17.6 Å². The summed E-state index contributed by atoms with van der Waals surface area (Å²) in [5.74, 6) is -1.04. The predicted molar refractivity (Wildman–Crippen MR) is 84.8 cm³/mol. The molecular weight excluding hydrogens is 354 g/mol. The fourth-order valence-corrected chi connectivity index (χ4v) is 3.57. The summed E-state index contributed by atoms with van der Waals surface area (Å²) in [6, 6.07) is 8.80. The molecule has 3 rings (SSSR count). The Morgan fingerprint density at radius 2 is 2.10 bits per heavy atom. The molecule has 4 nitrogen and oxygen atoms in total. The second-order valence-electron chi connectivity index (χ2n) is 4.44. The lowest BCUT2D eigenvalue weighted by molar-refractivity contribution is 0.0692. The van der Waals surface area contributed by atoms with E-state index in [4.69, 9.17) is 0 Å². The number of benzene rings is 1. The van der Waals surface area contributed by atoms with E-state index in [0.717, 1.165) is 9.86 Å². The van der Waals surface area contributed by atoms with Gasteiger partial charge in [-0.05, 0) is 23.6 Å². The second kappa shape index (κ2) is 5.55. The molecule has 0 spiro atoms. The van der Waals surface area contributed by atoms with Crippen molar-refractivity contribution in [2.24, 2.45) is 0 Å². The number of carboxylic acid groups (broad SMARTS) is 1. The van der Waals surface area contributed by atoms with Crippen molar-refractivity contribution < 1.29 is 15.0 Å². The van der Waals surface area contributed by atoms with Gasteiger partial charge in [-0.15, -0.1) is 11.3 Å². The highest BCUT2D eigenvalue weighted by Gasteiger charge is 2.22. The van der Waals surface area contributed by atoms with Crippen LogP contribution in [-0.2, 0) is 0 Å². The van der Waals surface area contributed by atoms with Gasteiger partial charge in [0.15, 0.2) is 0 Å². The zero-order valence-electron chi connectivity index (χ0n) is 10.7. The molecule has 0 amide bonds. The van der Waals surface area contributed by atoms with Crippen molar-refractivity contribution in [3.05, 3.63) is 62.4 Å². The van der Waals surface area contributed by atoms with Crippen LogP contribution in [0.25, 0.3) is 10.9 Å². The van der Waals surface area contributed by atoms with Crippen molar-refractivity contribution in [1.82, 2.24) is 4.98 Å². The molecule has 0 bridgehead atoms. The first-order chi connectivity index (χ1) is 10.1. The number of hydrogen-bond acceptors (Lipinski definition) is 4. The van der Waals surface area contributed by atoms with Gasteiger partial charge in [-0.25, -0.2) is 4.79 Å². The highest BCUT2D eigenvalue weighted by Crippen LogP contribution is 2.35. The van der Waals surface area contributed by atoms with Crippen LogP contribution in [0.4, 0.5) is 0 Å². The van der Waals surface area contributed by atoms with Gasteiger partial charge < -0.3 is 10.2 Å². The summed E-state index contributed by atoms with van der Waals surface area (Å²) < 4.78 is 0.881. The van der Waals surface area contributed by atoms with E-state index in [2.05, 4.69) is 20.9 Å². The smallest absolute Gasteiger partial charge is 0.336 e. The number of aliphatic hydroxyl groups is 1. The van der Waals surface area contributed by atoms with Gasteiger partial charge >= 0.3 is 5.97 Å². The van der Waals surface area contributed by atoms with Crippen molar-refractivity contribution in [2.75, 3.05) is 0 Å². The quantitative estimate of drug-likeness (QED) is 0.741. The number of rotatable bonds is 3. The molecule has 1 aromatic carbocycles. The van der Waals surface area contributed by atoms with E-state index in [1.165, 1.54) is 17.4 Å². The summed E-state index contributed by atoms with van der Waals surface area (Å²) in [7, 11) is 0. The lowest BCUT2D eigenvalue weighted by Gasteiger charge is -2.13. The monoisotopic (exact) mass is 363 g/mol. The molecule has 106 valence electrons. The number of aromatic nitrogens is 1. The largest absolute Gasteiger partial charge is 0.478 e. The van der Waals surface area contributed by atoms with E-state index in [0.29, 0.717) is 16.0 Å². The van der Waals surface area contributed by atoms with Crippen LogP contribution in [0.1, 0.15) is 26.9 Å². The second-order valence-corrected chi connectivity index (χ2v) is 6.24. The number of fused-ring (bicyclic) bond motifs is 1. The highest BCUT2D eigenvalue weighted by atomic mass is 79.9. The molecule has 0 aliphatic carbocycles. The van der Waals surface area contributed by atoms with Crippen LogP contribution in [0, 0.1) is 0 Å². The third-order valence-electron chi connectivity index (χ3n) is 3.22. The van der Waals surface area contributed by atoms with E-state index in [1.807, 2.05) is 18.2 Å². The maximum Gasteiger partial charge on any atom is 0.336 e. The average Bonchev–Trinajstić information content (AvgIpc) is 2.97. The fourth-order valence-electron chi connectivity index (χ4n) is 2.23. The van der Waals surface area contributed by atoms with Gasteiger partial charge in [0.05, 0.1) is 16.0 Å². The summed E-state index contributed by atoms with van der Waals surface area (Å²) >= 11 is 4.68. The van der Waals surface area contributed by atoms with E-state index in [-0.39, 0.29) is 5.56 Å². The van der Waals surface area contributed by atoms with Gasteiger partial charge in [0.2, 0.25) is 0 Å². The summed E-state index contributed by atoms with van der Waals surface area (Å²) in [6.45, 7) is 0. The Kier molecular flexibility index (Phi) is 3.75. The molecule has 21 heavy (non-hydrogen) atoms. The van der Waals surface area contributed by atoms with Crippen LogP contribution >= 0.6 is 27.3 Å². The lowest BCUT2D eigenvalue weighted by atomic mass is 10.0. The normalized spacial score (nSPS) is 12.5. The Balaban J connectivity index is 2.18. The van der Waals surface area contributed by atoms with Crippen molar-refractivity contribution in [2.45, 2.75) is 6.10 Å². The Bertz CT molecular complexity index is 831. The molecule has 0 fully saturated rings. The van der Waals surface area contributed by atoms with Crippen LogP contribution in [0.2, 0.25) is 0 Å². The molecule has 0 aliphatic rings. The minimum absolute atomic E-state index is 0.125. The van der Waals surface area contributed by atoms with Gasteiger partial charge in [-0.3, -0.25) is 4.98 Å². The number of pyridine rings is 1. The maximum atomic E-state index is 11.2. The number of hydrogen-bond donors (Lipinski definition) is 2. The number of halogens is 1. The maximum absolute atomic E-state index is 11.2. The van der Waals surface area contributed by atoms with Crippen LogP contribution < -0.4 is 0 Å². The molecule has 0 aliphatic heterocycles. The van der Waals surface area contributed by atoms with Gasteiger partial charge in [0.25, 0.3) is 0 Å². The average molecular weight is 364 g/mol. The zero-order valence-corrected chi connectivity index (χ0v) is 13.1. The lowest BCUT2D eigenvalue weighted by Crippen LogP contribution is -2.06. The van der Waals surface area contributed by atoms with Crippen LogP contribution in [0.3, 0.4) is 0 Å². The van der Waals surface area contributed by atoms with Gasteiger partial charge in [-0.2, -0.15) is 0 Å². The summed E-state index contributed by atoms with van der Waals surface area (Å²) in [5, 5.41) is 22.3. The molecule has 0 saturated heterocycles. The van der Waals surface area contributed by atoms with Crippen LogP contribution in [0.5, 0.6) is 0 Å². The van der Waals surface area contributed by atoms with E-state index in [9.17, 15) is 15.0 Å². The molecule has 1 atom stereocenters. The van der Waals surface area contributed by atoms with Crippen molar-refractivity contribution in [3.63, 3.8) is 0 Å². The third kappa shape index (κ3) is 2.46. The number of aromatic carboxylic acids is 1. The van der Waals surface area contributed by atoms with Crippen LogP contribution in [-0.4, -0.2) is 21.2 Å². The van der Waals surface area contributed by atoms with Gasteiger partial charge in [0.1, 0.15) is 6.10 Å². The minimum atomic E-state index is -1.04. The molecule has 0 radical (unpaired) electrons. The third-order valence-corrected chi connectivity index (χ3v) is 4.88. The number of thiophene rings is 1. The molecule has 2 heterocycles. The van der Waals surface area contributed by atoms with Crippen molar-refractivity contribution >= 4 is 44.1 Å². The van der Waals surface area contributed by atoms with Crippen molar-refractivity contribution in [3.8, 4) is 0 Å². The topological polar surface area (TPSA) is 70.4 Å². The first-order valence-corrected chi connectivity index (χ1v) is 7.78. The number of carbonyl (C=O) groups is 1. The number of nitrogens with zero attached hydrogens (tertiary/aromatic N) is 1. The SMILES string of the molecule is O=C(O)c1ccsc1C(O)c1ccc(Br)c2cccnc12. The standard InChI is InChI=1S/C15H10BrNO3S/c16-11-4-3-9(12-8(11)2-1-6-17-12)13(18)14-10(15(19)20)5-7-21-14/h1-7,13,18H,(H,19,20). The Hall–Kier alpha value is -1.76. The summed E-state index contributed by atoms with van der Waals surface area (Å²) in [5.41, 5.74) is 1.38. The van der Waals surface area contributed by atoms with Crippen molar-refractivity contribution in [1.29, 1.82) is 0 Å². The molecule has 3 aromatic rings. The Labute approximate surface area is 132 Å². The molecule has 1 unspecified atom stereocenters. The van der Waals surface area contributed by atoms with Crippen LogP contribution in [0.15, 0.2) is 46.4 Å². The predicted octanol–water partition coefficient (Wildman–Crippen LogP) is 3.84. The van der Waals surface area contributed by atoms with E-state index < -0.39 is 12.1 Å². The summed E-state index contributed by atoms with van der Waals surface area (Å²) in [4.78, 5) is 15.9. The highest BCUT2D eigenvalue weighted by molar-refractivity contribution is 9.10. The first kappa shape index (κ1) is 14.2. The minimum Gasteiger partial charge on any atom is -0.478 e. The number of carboxylic acids is 1. The van der Waals surface area contributed by atoms with Gasteiger partial charge in [-0.1, -0.05) is 28.1 Å². The fraction of sp³-hybridized carbons (Fsp3) is 0.0667. The number of aliphatic hydroxyl groups excluding tert-OH is 1. The zero-order chi connectivity index (χ0) is 15.0. The molecule has 2 aromatic heterocycles. The molecular formula is C15H10BrNO3S. The summed E-state index contributed by atoms with van der Waals surface area (Å²) in [6.07, 6.45) is 0.638. The molecule has 6 heteroatoms. The first-order valence-electron chi connectivity index (χ1n) is 6.11. The van der Waals surface area contributed by atoms with E-state index >= 15 is 0 Å².